The van der Waals surface area contributed by atoms with Gasteiger partial charge in [-0.25, -0.2) is 4.79 Å². The Labute approximate surface area is 216 Å². The predicted molar refractivity (Wildman–Crippen MR) is 141 cm³/mol. The molecule has 0 N–H and O–H groups in total. The van der Waals surface area contributed by atoms with Crippen molar-refractivity contribution in [1.82, 2.24) is 9.80 Å². The Hall–Kier alpha value is -3.33. The first-order valence-electron chi connectivity index (χ1n) is 12.0. The fourth-order valence-electron chi connectivity index (χ4n) is 3.84. The van der Waals surface area contributed by atoms with Gasteiger partial charge in [-0.05, 0) is 35.1 Å². The van der Waals surface area contributed by atoms with Gasteiger partial charge in [0.05, 0.1) is 16.4 Å². The predicted octanol–water partition coefficient (Wildman–Crippen LogP) is 5.82. The van der Waals surface area contributed by atoms with Crippen molar-refractivity contribution in [3.63, 3.8) is 0 Å². The zero-order valence-electron chi connectivity index (χ0n) is 21.2. The minimum atomic E-state index is -0.427. The van der Waals surface area contributed by atoms with Gasteiger partial charge < -0.3 is 14.5 Å². The van der Waals surface area contributed by atoms with Crippen molar-refractivity contribution in [2.24, 2.45) is 5.92 Å². The molecule has 9 heteroatoms. The molecule has 0 aromatic heterocycles. The van der Waals surface area contributed by atoms with Crippen LogP contribution in [0.25, 0.3) is 5.57 Å². The Morgan fingerprint density at radius 2 is 1.67 bits per heavy atom. The molecule has 192 valence electrons. The number of nitro benzene ring substituents is 1. The normalized spacial score (nSPS) is 13.7. The van der Waals surface area contributed by atoms with Crippen molar-refractivity contribution in [1.29, 1.82) is 0 Å². The van der Waals surface area contributed by atoms with E-state index in [1.54, 1.807) is 21.9 Å². The topological polar surface area (TPSA) is 93.0 Å². The number of hydrogen-bond acceptors (Lipinski definition) is 6. The monoisotopic (exact) mass is 511 g/mol. The van der Waals surface area contributed by atoms with Gasteiger partial charge in [-0.3, -0.25) is 14.9 Å². The van der Waals surface area contributed by atoms with Gasteiger partial charge in [0.1, 0.15) is 0 Å². The van der Waals surface area contributed by atoms with Crippen molar-refractivity contribution in [3.8, 4) is 0 Å². The van der Waals surface area contributed by atoms with Crippen LogP contribution in [0.4, 0.5) is 10.5 Å². The van der Waals surface area contributed by atoms with Crippen molar-refractivity contribution in [3.05, 3.63) is 70.3 Å². The summed E-state index contributed by atoms with van der Waals surface area (Å²) in [5.74, 6) is 0.228. The second kappa shape index (κ2) is 12.1. The highest BCUT2D eigenvalue weighted by Crippen LogP contribution is 2.39. The van der Waals surface area contributed by atoms with Crippen LogP contribution in [0.5, 0.6) is 0 Å². The Kier molecular flexibility index (Phi) is 9.14. The summed E-state index contributed by atoms with van der Waals surface area (Å²) in [4.78, 5) is 41.4. The van der Waals surface area contributed by atoms with Gasteiger partial charge in [-0.2, -0.15) is 0 Å². The van der Waals surface area contributed by atoms with E-state index in [-0.39, 0.29) is 35.1 Å². The molecule has 3 rings (SSSR count). The van der Waals surface area contributed by atoms with Crippen LogP contribution in [-0.4, -0.2) is 59.5 Å². The van der Waals surface area contributed by atoms with Crippen LogP contribution in [0.2, 0.25) is 0 Å². The maximum atomic E-state index is 13.1. The van der Waals surface area contributed by atoms with Crippen LogP contribution in [0, 0.1) is 16.0 Å². The van der Waals surface area contributed by atoms with Crippen LogP contribution in [0.3, 0.4) is 0 Å². The van der Waals surface area contributed by atoms with E-state index >= 15 is 0 Å². The van der Waals surface area contributed by atoms with E-state index in [9.17, 15) is 19.7 Å². The molecule has 1 aliphatic heterocycles. The van der Waals surface area contributed by atoms with E-state index in [0.29, 0.717) is 43.2 Å². The SMILES string of the molecule is C=C(C(=O)N1CCN(C(=O)OCC(C)C)CC1)c1ccc(Sc2ccccc2C(C)C)c([N+](=O)[O-])c1. The van der Waals surface area contributed by atoms with E-state index in [2.05, 4.69) is 20.4 Å². The average Bonchev–Trinajstić information content (AvgIpc) is 2.86. The summed E-state index contributed by atoms with van der Waals surface area (Å²) in [5.41, 5.74) is 1.65. The lowest BCUT2D eigenvalue weighted by atomic mass is 10.0. The van der Waals surface area contributed by atoms with E-state index in [1.807, 2.05) is 38.1 Å². The lowest BCUT2D eigenvalue weighted by molar-refractivity contribution is -0.387. The fraction of sp³-hybridized carbons (Fsp3) is 0.407. The Balaban J connectivity index is 1.71. The lowest BCUT2D eigenvalue weighted by Gasteiger charge is -2.34. The first-order chi connectivity index (χ1) is 17.1. The number of nitro groups is 1. The summed E-state index contributed by atoms with van der Waals surface area (Å²) in [6, 6.07) is 12.7. The van der Waals surface area contributed by atoms with Crippen molar-refractivity contribution >= 4 is 35.0 Å². The molecule has 1 heterocycles. The minimum absolute atomic E-state index is 0.0669. The van der Waals surface area contributed by atoms with Gasteiger partial charge in [-0.1, -0.05) is 70.3 Å². The van der Waals surface area contributed by atoms with Gasteiger partial charge in [0.25, 0.3) is 11.6 Å². The molecule has 1 fully saturated rings. The van der Waals surface area contributed by atoms with Crippen LogP contribution < -0.4 is 0 Å². The lowest BCUT2D eigenvalue weighted by Crippen LogP contribution is -2.51. The molecule has 1 aliphatic rings. The second-order valence-corrected chi connectivity index (χ2v) is 10.5. The number of ether oxygens (including phenoxy) is 1. The first kappa shape index (κ1) is 27.3. The smallest absolute Gasteiger partial charge is 0.409 e. The molecule has 36 heavy (non-hydrogen) atoms. The number of hydrogen-bond donors (Lipinski definition) is 0. The van der Waals surface area contributed by atoms with Crippen molar-refractivity contribution < 1.29 is 19.2 Å². The van der Waals surface area contributed by atoms with E-state index in [4.69, 9.17) is 4.74 Å². The summed E-state index contributed by atoms with van der Waals surface area (Å²) in [6.45, 7) is 13.8. The first-order valence-corrected chi connectivity index (χ1v) is 12.9. The molecular weight excluding hydrogens is 478 g/mol. The van der Waals surface area contributed by atoms with Crippen LogP contribution in [-0.2, 0) is 9.53 Å². The minimum Gasteiger partial charge on any atom is -0.449 e. The molecule has 1 saturated heterocycles. The number of nitrogens with zero attached hydrogens (tertiary/aromatic N) is 3. The number of carbonyl (C=O) groups is 2. The van der Waals surface area contributed by atoms with Crippen LogP contribution >= 0.6 is 11.8 Å². The third kappa shape index (κ3) is 6.66. The van der Waals surface area contributed by atoms with Crippen molar-refractivity contribution in [2.75, 3.05) is 32.8 Å². The zero-order chi connectivity index (χ0) is 26.4. The number of piperazine rings is 1. The Morgan fingerprint density at radius 1 is 1.03 bits per heavy atom. The summed E-state index contributed by atoms with van der Waals surface area (Å²) >= 11 is 1.35. The molecule has 2 amide bonds. The standard InChI is InChI=1S/C27H33N3O5S/c1-18(2)17-35-27(32)29-14-12-28(13-15-29)26(31)20(5)21-10-11-25(23(16-21)30(33)34)36-24-9-7-6-8-22(24)19(3)4/h6-11,16,18-19H,5,12-15,17H2,1-4H3. The average molecular weight is 512 g/mol. The number of carbonyl (C=O) groups excluding carboxylic acids is 2. The van der Waals surface area contributed by atoms with Crippen LogP contribution in [0.15, 0.2) is 58.8 Å². The molecule has 0 unspecified atom stereocenters. The van der Waals surface area contributed by atoms with E-state index in [0.717, 1.165) is 10.5 Å². The summed E-state index contributed by atoms with van der Waals surface area (Å²) < 4.78 is 5.27. The fourth-order valence-corrected chi connectivity index (χ4v) is 5.02. The number of benzene rings is 2. The Morgan fingerprint density at radius 3 is 2.28 bits per heavy atom. The largest absolute Gasteiger partial charge is 0.449 e. The molecule has 0 bridgehead atoms. The highest BCUT2D eigenvalue weighted by molar-refractivity contribution is 7.99. The van der Waals surface area contributed by atoms with Gasteiger partial charge in [0, 0.05) is 42.7 Å². The van der Waals surface area contributed by atoms with Crippen LogP contribution in [0.1, 0.15) is 44.7 Å². The zero-order valence-corrected chi connectivity index (χ0v) is 22.0. The number of rotatable bonds is 8. The molecule has 0 aliphatic carbocycles. The molecule has 0 saturated carbocycles. The number of amides is 2. The second-order valence-electron chi connectivity index (χ2n) is 9.46. The van der Waals surface area contributed by atoms with Crippen molar-refractivity contribution in [2.45, 2.75) is 43.4 Å². The molecule has 0 atom stereocenters. The molecule has 0 radical (unpaired) electrons. The van der Waals surface area contributed by atoms with Gasteiger partial charge >= 0.3 is 6.09 Å². The molecule has 8 nitrogen and oxygen atoms in total. The van der Waals surface area contributed by atoms with E-state index < -0.39 is 4.92 Å². The third-order valence-electron chi connectivity index (χ3n) is 5.89. The quantitative estimate of drug-likeness (QED) is 0.252. The highest BCUT2D eigenvalue weighted by atomic mass is 32.2. The highest BCUT2D eigenvalue weighted by Gasteiger charge is 2.28. The Bertz CT molecular complexity index is 1140. The molecule has 2 aromatic rings. The molecule has 0 spiro atoms. The maximum absolute atomic E-state index is 13.1. The summed E-state index contributed by atoms with van der Waals surface area (Å²) in [5, 5.41) is 11.9. The van der Waals surface area contributed by atoms with Gasteiger partial charge in [-0.15, -0.1) is 0 Å². The van der Waals surface area contributed by atoms with Gasteiger partial charge in [0.15, 0.2) is 0 Å². The third-order valence-corrected chi connectivity index (χ3v) is 7.05. The summed E-state index contributed by atoms with van der Waals surface area (Å²) in [6.07, 6.45) is -0.377. The molecule has 2 aromatic carbocycles. The maximum Gasteiger partial charge on any atom is 0.409 e. The summed E-state index contributed by atoms with van der Waals surface area (Å²) in [7, 11) is 0. The van der Waals surface area contributed by atoms with E-state index in [1.165, 1.54) is 17.8 Å². The van der Waals surface area contributed by atoms with Gasteiger partial charge in [0.2, 0.25) is 0 Å². The molecular formula is C27H33N3O5S.